The van der Waals surface area contributed by atoms with Gasteiger partial charge in [0.25, 0.3) is 0 Å². The molecule has 0 radical (unpaired) electrons. The highest BCUT2D eigenvalue weighted by Crippen LogP contribution is 2.11. The summed E-state index contributed by atoms with van der Waals surface area (Å²) in [5, 5.41) is 6.80. The van der Waals surface area contributed by atoms with E-state index >= 15 is 0 Å². The van der Waals surface area contributed by atoms with Gasteiger partial charge in [0.05, 0.1) is 11.5 Å². The van der Waals surface area contributed by atoms with E-state index in [0.717, 1.165) is 32.6 Å². The summed E-state index contributed by atoms with van der Waals surface area (Å²) in [4.78, 5) is 2.30. The molecule has 0 aromatic heterocycles. The van der Waals surface area contributed by atoms with Gasteiger partial charge in [0.1, 0.15) is 0 Å². The summed E-state index contributed by atoms with van der Waals surface area (Å²) in [5.74, 6) is 0.665. The fourth-order valence-electron chi connectivity index (χ4n) is 2.39. The van der Waals surface area contributed by atoms with Gasteiger partial charge in [-0.3, -0.25) is 0 Å². The van der Waals surface area contributed by atoms with Crippen molar-refractivity contribution in [2.45, 2.75) is 18.5 Å². The molecule has 2 atom stereocenters. The van der Waals surface area contributed by atoms with E-state index in [2.05, 4.69) is 22.6 Å². The summed E-state index contributed by atoms with van der Waals surface area (Å²) in [6.07, 6.45) is 0.769. The van der Waals surface area contributed by atoms with Gasteiger partial charge in [-0.25, -0.2) is 8.42 Å². The highest BCUT2D eigenvalue weighted by Gasteiger charge is 2.28. The first kappa shape index (κ1) is 12.3. The topological polar surface area (TPSA) is 61.4 Å². The van der Waals surface area contributed by atoms with Gasteiger partial charge in [0.15, 0.2) is 9.84 Å². The molecule has 0 spiro atoms. The average molecular weight is 247 g/mol. The molecule has 16 heavy (non-hydrogen) atoms. The third-order valence-corrected chi connectivity index (χ3v) is 5.11. The first-order valence-electron chi connectivity index (χ1n) is 5.91. The van der Waals surface area contributed by atoms with Crippen LogP contribution in [0.4, 0.5) is 0 Å². The van der Waals surface area contributed by atoms with E-state index < -0.39 is 9.84 Å². The van der Waals surface area contributed by atoms with E-state index in [1.165, 1.54) is 0 Å². The molecule has 0 aromatic carbocycles. The lowest BCUT2D eigenvalue weighted by molar-refractivity contribution is 0.232. The predicted octanol–water partition coefficient (Wildman–Crippen LogP) is -1.33. The Bertz CT molecular complexity index is 331. The molecule has 2 heterocycles. The maximum absolute atomic E-state index is 11.3. The summed E-state index contributed by atoms with van der Waals surface area (Å²) in [6.45, 7) is 4.01. The van der Waals surface area contributed by atoms with Gasteiger partial charge < -0.3 is 15.5 Å². The maximum Gasteiger partial charge on any atom is 0.151 e. The van der Waals surface area contributed by atoms with Crippen LogP contribution < -0.4 is 10.6 Å². The van der Waals surface area contributed by atoms with Crippen LogP contribution in [0.15, 0.2) is 0 Å². The van der Waals surface area contributed by atoms with E-state index in [1.54, 1.807) is 0 Å². The van der Waals surface area contributed by atoms with Crippen LogP contribution in [0.1, 0.15) is 6.42 Å². The molecule has 2 aliphatic heterocycles. The lowest BCUT2D eigenvalue weighted by atomic mass is 10.2. The first-order chi connectivity index (χ1) is 7.55. The van der Waals surface area contributed by atoms with Crippen LogP contribution in [-0.4, -0.2) is 70.1 Å². The molecule has 2 fully saturated rings. The summed E-state index contributed by atoms with van der Waals surface area (Å²) in [7, 11) is -0.634. The van der Waals surface area contributed by atoms with Crippen LogP contribution in [0.2, 0.25) is 0 Å². The van der Waals surface area contributed by atoms with Crippen LogP contribution in [0.5, 0.6) is 0 Å². The second-order valence-corrected chi connectivity index (χ2v) is 7.15. The van der Waals surface area contributed by atoms with Crippen molar-refractivity contribution in [1.29, 1.82) is 0 Å². The van der Waals surface area contributed by atoms with Crippen LogP contribution in [0.25, 0.3) is 0 Å². The van der Waals surface area contributed by atoms with Crippen molar-refractivity contribution >= 4 is 9.84 Å². The number of sulfone groups is 1. The lowest BCUT2D eigenvalue weighted by Crippen LogP contribution is -2.54. The molecule has 2 rings (SSSR count). The lowest BCUT2D eigenvalue weighted by Gasteiger charge is -2.31. The number of nitrogens with zero attached hydrogens (tertiary/aromatic N) is 1. The van der Waals surface area contributed by atoms with Crippen LogP contribution in [0, 0.1) is 0 Å². The SMILES string of the molecule is CN1CCNC(CNC2CCS(=O)(=O)C2)C1. The summed E-state index contributed by atoms with van der Waals surface area (Å²) in [6, 6.07) is 0.612. The molecule has 0 bridgehead atoms. The molecular weight excluding hydrogens is 226 g/mol. The molecule has 2 N–H and O–H groups in total. The Morgan fingerprint density at radius 1 is 1.50 bits per heavy atom. The monoisotopic (exact) mass is 247 g/mol. The van der Waals surface area contributed by atoms with E-state index in [0.29, 0.717) is 17.5 Å². The van der Waals surface area contributed by atoms with Crippen LogP contribution in [-0.2, 0) is 9.84 Å². The Morgan fingerprint density at radius 3 is 2.94 bits per heavy atom. The fraction of sp³-hybridized carbons (Fsp3) is 1.00. The number of rotatable bonds is 3. The normalized spacial score (nSPS) is 35.3. The van der Waals surface area contributed by atoms with E-state index in [1.807, 2.05) is 0 Å². The molecular formula is C10H21N3O2S. The largest absolute Gasteiger partial charge is 0.311 e. The Kier molecular flexibility index (Phi) is 3.84. The van der Waals surface area contributed by atoms with E-state index in [4.69, 9.17) is 0 Å². The smallest absolute Gasteiger partial charge is 0.151 e. The zero-order valence-electron chi connectivity index (χ0n) is 9.78. The summed E-state index contributed by atoms with van der Waals surface area (Å²) >= 11 is 0. The van der Waals surface area contributed by atoms with Crippen LogP contribution >= 0.6 is 0 Å². The number of hydrogen-bond donors (Lipinski definition) is 2. The van der Waals surface area contributed by atoms with Crippen LogP contribution in [0.3, 0.4) is 0 Å². The van der Waals surface area contributed by atoms with E-state index in [-0.39, 0.29) is 6.04 Å². The maximum atomic E-state index is 11.3. The minimum atomic E-state index is -2.75. The Labute approximate surface area is 97.5 Å². The van der Waals surface area contributed by atoms with Crippen molar-refractivity contribution in [3.05, 3.63) is 0 Å². The molecule has 5 nitrogen and oxygen atoms in total. The minimum Gasteiger partial charge on any atom is -0.311 e. The zero-order valence-corrected chi connectivity index (χ0v) is 10.6. The molecule has 0 aliphatic carbocycles. The molecule has 6 heteroatoms. The molecule has 2 saturated heterocycles. The quantitative estimate of drug-likeness (QED) is 0.647. The summed E-state index contributed by atoms with van der Waals surface area (Å²) < 4.78 is 22.6. The highest BCUT2D eigenvalue weighted by molar-refractivity contribution is 7.91. The fourth-order valence-corrected chi connectivity index (χ4v) is 4.10. The van der Waals surface area contributed by atoms with Crippen molar-refractivity contribution in [3.63, 3.8) is 0 Å². The van der Waals surface area contributed by atoms with Crippen molar-refractivity contribution in [1.82, 2.24) is 15.5 Å². The number of hydrogen-bond acceptors (Lipinski definition) is 5. The molecule has 0 saturated carbocycles. The predicted molar refractivity (Wildman–Crippen MR) is 64.3 cm³/mol. The second kappa shape index (κ2) is 5.00. The zero-order chi connectivity index (χ0) is 11.6. The number of likely N-dealkylation sites (N-methyl/N-ethyl adjacent to an activating group) is 1. The van der Waals surface area contributed by atoms with Gasteiger partial charge >= 0.3 is 0 Å². The number of piperazine rings is 1. The Hall–Kier alpha value is -0.170. The van der Waals surface area contributed by atoms with Gasteiger partial charge in [0, 0.05) is 38.3 Å². The number of nitrogens with one attached hydrogen (secondary N) is 2. The van der Waals surface area contributed by atoms with E-state index in [9.17, 15) is 8.42 Å². The van der Waals surface area contributed by atoms with Crippen molar-refractivity contribution < 1.29 is 8.42 Å². The Balaban J connectivity index is 1.71. The van der Waals surface area contributed by atoms with Crippen molar-refractivity contribution in [2.24, 2.45) is 0 Å². The van der Waals surface area contributed by atoms with Gasteiger partial charge in [-0.1, -0.05) is 0 Å². The molecule has 2 aliphatic rings. The molecule has 0 aromatic rings. The van der Waals surface area contributed by atoms with Gasteiger partial charge in [-0.15, -0.1) is 0 Å². The molecule has 0 amide bonds. The first-order valence-corrected chi connectivity index (χ1v) is 7.73. The minimum absolute atomic E-state index is 0.166. The second-order valence-electron chi connectivity index (χ2n) is 4.92. The average Bonchev–Trinajstić information content (AvgIpc) is 2.56. The van der Waals surface area contributed by atoms with Gasteiger partial charge in [-0.2, -0.15) is 0 Å². The standard InChI is InChI=1S/C10H21N3O2S/c1-13-4-3-11-10(7-13)6-12-9-2-5-16(14,15)8-9/h9-12H,2-8H2,1H3. The highest BCUT2D eigenvalue weighted by atomic mass is 32.2. The third-order valence-electron chi connectivity index (χ3n) is 3.34. The Morgan fingerprint density at radius 2 is 2.31 bits per heavy atom. The van der Waals surface area contributed by atoms with Crippen molar-refractivity contribution in [3.8, 4) is 0 Å². The summed E-state index contributed by atoms with van der Waals surface area (Å²) in [5.41, 5.74) is 0. The molecule has 94 valence electrons. The molecule has 2 unspecified atom stereocenters. The third kappa shape index (κ3) is 3.41. The van der Waals surface area contributed by atoms with Crippen molar-refractivity contribution in [2.75, 3.05) is 44.7 Å². The van der Waals surface area contributed by atoms with Gasteiger partial charge in [0.2, 0.25) is 0 Å². The van der Waals surface area contributed by atoms with Gasteiger partial charge in [-0.05, 0) is 13.5 Å².